The molecule has 0 amide bonds. The number of aromatic nitrogens is 1. The average Bonchev–Trinajstić information content (AvgIpc) is 1.59. The summed E-state index contributed by atoms with van der Waals surface area (Å²) in [7, 11) is 0. The highest BCUT2D eigenvalue weighted by molar-refractivity contribution is 6.12. The van der Waals surface area contributed by atoms with Crippen LogP contribution in [0.5, 0.6) is 0 Å². The predicted octanol–water partition coefficient (Wildman–Crippen LogP) is 27.0. The molecular formula is C98H73N3. The van der Waals surface area contributed by atoms with Gasteiger partial charge in [0.05, 0.1) is 11.0 Å². The smallest absolute Gasteiger partial charge is 0.0541 e. The fourth-order valence-electron chi connectivity index (χ4n) is 16.1. The number of anilines is 6. The van der Waals surface area contributed by atoms with Crippen molar-refractivity contribution in [1.29, 1.82) is 0 Å². The van der Waals surface area contributed by atoms with E-state index in [1.165, 1.54) is 122 Å². The van der Waals surface area contributed by atoms with Crippen LogP contribution < -0.4 is 9.80 Å². The molecule has 3 heteroatoms. The van der Waals surface area contributed by atoms with Crippen molar-refractivity contribution in [2.75, 3.05) is 9.80 Å². The van der Waals surface area contributed by atoms with Gasteiger partial charge in [0.25, 0.3) is 0 Å². The molecule has 0 aliphatic heterocycles. The number of nitrogens with zero attached hydrogens (tertiary/aromatic N) is 3. The molecule has 2 aliphatic carbocycles. The molecule has 0 spiro atoms. The van der Waals surface area contributed by atoms with Crippen molar-refractivity contribution in [2.24, 2.45) is 0 Å². The van der Waals surface area contributed by atoms with Crippen LogP contribution in [0.4, 0.5) is 34.1 Å². The van der Waals surface area contributed by atoms with Crippen molar-refractivity contribution in [3.8, 4) is 94.7 Å². The quantitative estimate of drug-likeness (QED) is 0.107. The van der Waals surface area contributed by atoms with Crippen LogP contribution in [0, 0.1) is 0 Å². The molecule has 0 saturated heterocycles. The molecule has 0 atom stereocenters. The van der Waals surface area contributed by atoms with Crippen LogP contribution in [0.2, 0.25) is 0 Å². The van der Waals surface area contributed by atoms with Crippen molar-refractivity contribution in [1.82, 2.24) is 4.57 Å². The van der Waals surface area contributed by atoms with E-state index >= 15 is 0 Å². The lowest BCUT2D eigenvalue weighted by Crippen LogP contribution is -2.16. The first kappa shape index (κ1) is 60.8. The van der Waals surface area contributed by atoms with E-state index in [0.717, 1.165) is 56.4 Å². The fraction of sp³-hybridized carbons (Fsp3) is 0.0612. The number of hydrogen-bond acceptors (Lipinski definition) is 2. The first-order chi connectivity index (χ1) is 49.5. The highest BCUT2D eigenvalue weighted by atomic mass is 15.1. The van der Waals surface area contributed by atoms with Gasteiger partial charge in [-0.2, -0.15) is 0 Å². The van der Waals surface area contributed by atoms with Gasteiger partial charge in [0.15, 0.2) is 0 Å². The van der Waals surface area contributed by atoms with Crippen LogP contribution in [0.25, 0.3) is 123 Å². The maximum absolute atomic E-state index is 4.08. The number of benzene rings is 15. The summed E-state index contributed by atoms with van der Waals surface area (Å²) in [5.74, 6) is 0. The fourth-order valence-corrected chi connectivity index (χ4v) is 16.1. The topological polar surface area (TPSA) is 11.4 Å². The lowest BCUT2D eigenvalue weighted by Gasteiger charge is -2.28. The molecular weight excluding hydrogens is 1220 g/mol. The predicted molar refractivity (Wildman–Crippen MR) is 428 cm³/mol. The van der Waals surface area contributed by atoms with Crippen LogP contribution in [0.15, 0.2) is 358 Å². The first-order valence-electron chi connectivity index (χ1n) is 35.1. The van der Waals surface area contributed by atoms with Crippen molar-refractivity contribution in [2.45, 2.75) is 38.5 Å². The molecule has 0 saturated carbocycles. The summed E-state index contributed by atoms with van der Waals surface area (Å²) in [6.45, 7) is 13.7. The molecule has 16 aromatic rings. The Hall–Kier alpha value is -12.6. The maximum atomic E-state index is 4.08. The highest BCUT2D eigenvalue weighted by Crippen LogP contribution is 2.54. The zero-order valence-corrected chi connectivity index (χ0v) is 57.1. The number of hydrogen-bond donors (Lipinski definition) is 0. The number of rotatable bonds is 14. The Kier molecular flexibility index (Phi) is 14.7. The van der Waals surface area contributed by atoms with Crippen LogP contribution in [0.1, 0.15) is 55.5 Å². The van der Waals surface area contributed by atoms with E-state index in [4.69, 9.17) is 0 Å². The third-order valence-electron chi connectivity index (χ3n) is 21.6. The molecule has 0 unspecified atom stereocenters. The van der Waals surface area contributed by atoms with E-state index in [2.05, 4.69) is 400 Å². The van der Waals surface area contributed by atoms with E-state index < -0.39 is 0 Å². The van der Waals surface area contributed by atoms with Gasteiger partial charge in [0.2, 0.25) is 0 Å². The Morgan fingerprint density at radius 2 is 0.505 bits per heavy atom. The van der Waals surface area contributed by atoms with E-state index in [1.54, 1.807) is 0 Å². The molecule has 0 bridgehead atoms. The lowest BCUT2D eigenvalue weighted by molar-refractivity contribution is 0.660. The minimum Gasteiger partial charge on any atom is -0.310 e. The highest BCUT2D eigenvalue weighted by Gasteiger charge is 2.38. The standard InChI is InChI=1S/C98H73N3/c1-6-65-27-41-82(42-28-65)101-95-57-39-74(76-37-53-85-87-55-51-83(63-93(87)97(2,3)91(85)61-76)99(78-43-29-70(30-44-78)66-19-11-7-12-20-66)79-45-31-71(32-46-79)67-21-13-8-14-22-67)59-89(95)90-60-75(40-58-96(90)101)77-38-54-86-88-56-52-84(64-94(88)98(4,5)92(86)62-77)100(80-47-33-72(34-48-80)68-23-15-9-16-24-68)81-49-35-73(36-50-81)69-25-17-10-18-26-69/h6-64H,1H2,2-5H3. The summed E-state index contributed by atoms with van der Waals surface area (Å²) in [5, 5.41) is 2.42. The Morgan fingerprint density at radius 1 is 0.248 bits per heavy atom. The van der Waals surface area contributed by atoms with E-state index in [-0.39, 0.29) is 10.8 Å². The third-order valence-corrected chi connectivity index (χ3v) is 21.6. The summed E-state index contributed by atoms with van der Waals surface area (Å²) in [6.07, 6.45) is 1.92. The summed E-state index contributed by atoms with van der Waals surface area (Å²) in [4.78, 5) is 4.82. The maximum Gasteiger partial charge on any atom is 0.0541 e. The van der Waals surface area contributed by atoms with Crippen molar-refractivity contribution < 1.29 is 0 Å². The summed E-state index contributed by atoms with van der Waals surface area (Å²) < 4.78 is 2.43. The van der Waals surface area contributed by atoms with Gasteiger partial charge in [-0.25, -0.2) is 0 Å². The molecule has 0 radical (unpaired) electrons. The zero-order valence-electron chi connectivity index (χ0n) is 57.1. The van der Waals surface area contributed by atoms with E-state index in [0.29, 0.717) is 0 Å². The molecule has 15 aromatic carbocycles. The van der Waals surface area contributed by atoms with Gasteiger partial charge >= 0.3 is 0 Å². The molecule has 3 nitrogen and oxygen atoms in total. The first-order valence-corrected chi connectivity index (χ1v) is 35.1. The van der Waals surface area contributed by atoms with Crippen molar-refractivity contribution in [3.63, 3.8) is 0 Å². The Labute approximate surface area is 592 Å². The summed E-state index contributed by atoms with van der Waals surface area (Å²) >= 11 is 0. The summed E-state index contributed by atoms with van der Waals surface area (Å²) in [5.41, 5.74) is 35.4. The molecule has 101 heavy (non-hydrogen) atoms. The molecule has 0 N–H and O–H groups in total. The van der Waals surface area contributed by atoms with E-state index in [1.807, 2.05) is 6.08 Å². The summed E-state index contributed by atoms with van der Waals surface area (Å²) in [6, 6.07) is 130. The Balaban J connectivity index is 0.690. The Bertz CT molecular complexity index is 5330. The van der Waals surface area contributed by atoms with Crippen LogP contribution in [-0.4, -0.2) is 4.57 Å². The monoisotopic (exact) mass is 1290 g/mol. The van der Waals surface area contributed by atoms with Gasteiger partial charge in [0.1, 0.15) is 0 Å². The van der Waals surface area contributed by atoms with Gasteiger partial charge in [-0.15, -0.1) is 0 Å². The molecule has 480 valence electrons. The van der Waals surface area contributed by atoms with Gasteiger partial charge in [-0.3, -0.25) is 0 Å². The van der Waals surface area contributed by atoms with Gasteiger partial charge in [-0.05, 0) is 238 Å². The third kappa shape index (κ3) is 10.6. The van der Waals surface area contributed by atoms with Crippen LogP contribution >= 0.6 is 0 Å². The minimum absolute atomic E-state index is 0.288. The Morgan fingerprint density at radius 3 is 0.822 bits per heavy atom. The van der Waals surface area contributed by atoms with Gasteiger partial charge < -0.3 is 14.4 Å². The molecule has 18 rings (SSSR count). The SMILES string of the molecule is C=Cc1ccc(-n2c3ccc(-c4ccc5c(c4)C(C)(C)c4cc(N(c6ccc(-c7ccccc7)cc6)c6ccc(-c7ccccc7)cc6)ccc4-5)cc3c3cc(-c4ccc5c(c4)C(C)(C)c4cc(N(c6ccc(-c7ccccc7)cc6)c6ccc(-c7ccccc7)cc6)ccc4-5)ccc32)cc1. The molecule has 1 heterocycles. The second kappa shape index (κ2) is 24.5. The normalized spacial score (nSPS) is 13.0. The second-order valence-electron chi connectivity index (χ2n) is 28.1. The second-order valence-corrected chi connectivity index (χ2v) is 28.1. The largest absolute Gasteiger partial charge is 0.310 e. The molecule has 1 aromatic heterocycles. The van der Waals surface area contributed by atoms with E-state index in [9.17, 15) is 0 Å². The number of fused-ring (bicyclic) bond motifs is 9. The van der Waals surface area contributed by atoms with Gasteiger partial charge in [-0.1, -0.05) is 271 Å². The minimum atomic E-state index is -0.288. The van der Waals surface area contributed by atoms with Crippen molar-refractivity contribution in [3.05, 3.63) is 386 Å². The lowest BCUT2D eigenvalue weighted by atomic mass is 9.81. The van der Waals surface area contributed by atoms with Gasteiger partial charge in [0, 0.05) is 61.4 Å². The zero-order chi connectivity index (χ0) is 67.9. The molecule has 0 fully saturated rings. The van der Waals surface area contributed by atoms with Crippen LogP contribution in [-0.2, 0) is 10.8 Å². The van der Waals surface area contributed by atoms with Crippen LogP contribution in [0.3, 0.4) is 0 Å². The molecule has 2 aliphatic rings. The van der Waals surface area contributed by atoms with Crippen molar-refractivity contribution >= 4 is 62.0 Å². The average molecular weight is 1290 g/mol.